The van der Waals surface area contributed by atoms with Crippen molar-refractivity contribution in [3.8, 4) is 17.2 Å². The minimum Gasteiger partial charge on any atom is -0.494 e. The number of hydrogen-bond acceptors (Lipinski definition) is 5. The monoisotopic (exact) mass is 439 g/mol. The quantitative estimate of drug-likeness (QED) is 0.143. The molecular weight excluding hydrogens is 402 g/mol. The first-order valence-electron chi connectivity index (χ1n) is 11.3. The lowest BCUT2D eigenvalue weighted by Gasteiger charge is -2.14. The molecule has 0 radical (unpaired) electrons. The highest BCUT2D eigenvalue weighted by atomic mass is 16.6. The third-order valence-electron chi connectivity index (χ3n) is 5.07. The first-order valence-corrected chi connectivity index (χ1v) is 11.3. The number of ether oxygens (including phenoxy) is 3. The van der Waals surface area contributed by atoms with Crippen molar-refractivity contribution < 1.29 is 19.0 Å². The van der Waals surface area contributed by atoms with E-state index in [1.54, 1.807) is 7.11 Å². The molecule has 0 N–H and O–H groups in total. The summed E-state index contributed by atoms with van der Waals surface area (Å²) in [5, 5.41) is 3.94. The maximum atomic E-state index is 6.05. The first kappa shape index (κ1) is 25.3. The Morgan fingerprint density at radius 3 is 2.06 bits per heavy atom. The summed E-state index contributed by atoms with van der Waals surface area (Å²) >= 11 is 0. The molecule has 0 saturated heterocycles. The van der Waals surface area contributed by atoms with Crippen LogP contribution in [0.5, 0.6) is 17.2 Å². The van der Waals surface area contributed by atoms with Crippen LogP contribution in [0.15, 0.2) is 53.7 Å². The zero-order valence-electron chi connectivity index (χ0n) is 20.1. The second kappa shape index (κ2) is 14.2. The summed E-state index contributed by atoms with van der Waals surface area (Å²) in [6.45, 7) is 10.1. The van der Waals surface area contributed by atoms with Gasteiger partial charge in [-0.25, -0.2) is 0 Å². The molecule has 0 aliphatic rings. The van der Waals surface area contributed by atoms with E-state index in [4.69, 9.17) is 19.0 Å². The zero-order valence-corrected chi connectivity index (χ0v) is 20.1. The topological polar surface area (TPSA) is 49.3 Å². The van der Waals surface area contributed by atoms with Crippen molar-refractivity contribution in [3.63, 3.8) is 0 Å². The Bertz CT molecular complexity index is 849. The molecule has 0 heterocycles. The highest BCUT2D eigenvalue weighted by Crippen LogP contribution is 2.28. The molecule has 32 heavy (non-hydrogen) atoms. The fourth-order valence-corrected chi connectivity index (χ4v) is 3.37. The summed E-state index contributed by atoms with van der Waals surface area (Å²) in [5.74, 6) is 2.74. The van der Waals surface area contributed by atoms with Crippen molar-refractivity contribution in [2.24, 2.45) is 5.16 Å². The van der Waals surface area contributed by atoms with E-state index >= 15 is 0 Å². The Morgan fingerprint density at radius 1 is 0.844 bits per heavy atom. The molecule has 2 aromatic rings. The largest absolute Gasteiger partial charge is 0.494 e. The van der Waals surface area contributed by atoms with Crippen LogP contribution in [-0.2, 0) is 4.84 Å². The normalized spacial score (nSPS) is 11.6. The average molecular weight is 440 g/mol. The number of rotatable bonds is 14. The molecule has 2 rings (SSSR count). The SMILES string of the molecule is C/C=C/COc1cc(C)c(OCCCCCCOc2ccc(C(C)=NOC)cc2)c(C)c1. The molecule has 0 amide bonds. The van der Waals surface area contributed by atoms with Gasteiger partial charge in [0.15, 0.2) is 0 Å². The number of nitrogens with zero attached hydrogens (tertiary/aromatic N) is 1. The predicted molar refractivity (Wildman–Crippen MR) is 131 cm³/mol. The molecule has 174 valence electrons. The van der Waals surface area contributed by atoms with Crippen LogP contribution in [0.25, 0.3) is 0 Å². The molecule has 0 spiro atoms. The fourth-order valence-electron chi connectivity index (χ4n) is 3.37. The summed E-state index contributed by atoms with van der Waals surface area (Å²) in [4.78, 5) is 4.81. The number of hydrogen-bond donors (Lipinski definition) is 0. The van der Waals surface area contributed by atoms with E-state index in [0.29, 0.717) is 6.61 Å². The lowest BCUT2D eigenvalue weighted by Crippen LogP contribution is -2.03. The van der Waals surface area contributed by atoms with Crippen molar-refractivity contribution in [1.82, 2.24) is 0 Å². The summed E-state index contributed by atoms with van der Waals surface area (Å²) in [6, 6.07) is 12.0. The van der Waals surface area contributed by atoms with Gasteiger partial charge >= 0.3 is 0 Å². The van der Waals surface area contributed by atoms with E-state index in [0.717, 1.165) is 78.5 Å². The van der Waals surface area contributed by atoms with Gasteiger partial charge in [0.1, 0.15) is 31.0 Å². The van der Waals surface area contributed by atoms with Crippen LogP contribution < -0.4 is 14.2 Å². The van der Waals surface area contributed by atoms with Crippen LogP contribution in [-0.4, -0.2) is 32.6 Å². The molecule has 0 fully saturated rings. The third kappa shape index (κ3) is 8.66. The highest BCUT2D eigenvalue weighted by Gasteiger charge is 2.07. The maximum Gasteiger partial charge on any atom is 0.125 e. The van der Waals surface area contributed by atoms with Gasteiger partial charge in [-0.2, -0.15) is 0 Å². The van der Waals surface area contributed by atoms with E-state index in [-0.39, 0.29) is 0 Å². The molecular formula is C27H37NO4. The van der Waals surface area contributed by atoms with Crippen molar-refractivity contribution in [3.05, 3.63) is 65.2 Å². The van der Waals surface area contributed by atoms with Gasteiger partial charge in [0, 0.05) is 0 Å². The lowest BCUT2D eigenvalue weighted by atomic mass is 10.1. The molecule has 0 aromatic heterocycles. The van der Waals surface area contributed by atoms with Crippen molar-refractivity contribution in [1.29, 1.82) is 0 Å². The lowest BCUT2D eigenvalue weighted by molar-refractivity contribution is 0.213. The predicted octanol–water partition coefficient (Wildman–Crippen LogP) is 6.65. The number of allylic oxidation sites excluding steroid dienone is 1. The van der Waals surface area contributed by atoms with Gasteiger partial charge in [-0.15, -0.1) is 0 Å². The molecule has 0 unspecified atom stereocenters. The molecule has 0 bridgehead atoms. The van der Waals surface area contributed by atoms with E-state index in [1.807, 2.05) is 62.4 Å². The second-order valence-corrected chi connectivity index (χ2v) is 7.76. The van der Waals surface area contributed by atoms with Gasteiger partial charge in [0.2, 0.25) is 0 Å². The van der Waals surface area contributed by atoms with Crippen LogP contribution in [0, 0.1) is 13.8 Å². The van der Waals surface area contributed by atoms with E-state index in [9.17, 15) is 0 Å². The Kier molecular flexibility index (Phi) is 11.2. The Labute approximate surface area is 193 Å². The Morgan fingerprint density at radius 2 is 1.47 bits per heavy atom. The van der Waals surface area contributed by atoms with Gasteiger partial charge in [0.05, 0.1) is 18.9 Å². The smallest absolute Gasteiger partial charge is 0.125 e. The number of oxime groups is 1. The van der Waals surface area contributed by atoms with Crippen molar-refractivity contribution >= 4 is 5.71 Å². The minimum atomic E-state index is 0.591. The standard InChI is InChI=1S/C27H37NO4/c1-6-7-16-31-26-19-21(2)27(22(3)20-26)32-18-11-9-8-10-17-30-25-14-12-24(13-15-25)23(4)28-29-5/h6-7,12-15,19-20H,8-11,16-18H2,1-5H3/b7-6+,28-23?. The summed E-state index contributed by atoms with van der Waals surface area (Å²) in [7, 11) is 1.55. The minimum absolute atomic E-state index is 0.591. The van der Waals surface area contributed by atoms with Gasteiger partial charge in [-0.3, -0.25) is 0 Å². The first-order chi connectivity index (χ1) is 15.5. The van der Waals surface area contributed by atoms with Crippen LogP contribution in [0.4, 0.5) is 0 Å². The third-order valence-corrected chi connectivity index (χ3v) is 5.07. The average Bonchev–Trinajstić information content (AvgIpc) is 2.78. The fraction of sp³-hybridized carbons (Fsp3) is 0.444. The number of aryl methyl sites for hydroxylation is 2. The van der Waals surface area contributed by atoms with Gasteiger partial charge in [0.25, 0.3) is 0 Å². The molecule has 0 saturated carbocycles. The molecule has 0 aliphatic carbocycles. The molecule has 0 atom stereocenters. The van der Waals surface area contributed by atoms with Crippen molar-refractivity contribution in [2.45, 2.75) is 53.4 Å². The van der Waals surface area contributed by atoms with Crippen LogP contribution in [0.3, 0.4) is 0 Å². The molecule has 2 aromatic carbocycles. The highest BCUT2D eigenvalue weighted by molar-refractivity contribution is 5.98. The van der Waals surface area contributed by atoms with E-state index in [2.05, 4.69) is 19.0 Å². The summed E-state index contributed by atoms with van der Waals surface area (Å²) in [5.41, 5.74) is 4.10. The molecule has 5 nitrogen and oxygen atoms in total. The molecule has 5 heteroatoms. The second-order valence-electron chi connectivity index (χ2n) is 7.76. The Hall–Kier alpha value is -2.95. The molecule has 0 aliphatic heterocycles. The summed E-state index contributed by atoms with van der Waals surface area (Å²) in [6.07, 6.45) is 8.29. The van der Waals surface area contributed by atoms with Crippen LogP contribution in [0.2, 0.25) is 0 Å². The van der Waals surface area contributed by atoms with Crippen LogP contribution >= 0.6 is 0 Å². The maximum absolute atomic E-state index is 6.05. The van der Waals surface area contributed by atoms with Gasteiger partial charge in [-0.1, -0.05) is 17.3 Å². The van der Waals surface area contributed by atoms with Gasteiger partial charge < -0.3 is 19.0 Å². The number of benzene rings is 2. The van der Waals surface area contributed by atoms with Gasteiger partial charge in [-0.05, 0) is 106 Å². The zero-order chi connectivity index (χ0) is 23.2. The van der Waals surface area contributed by atoms with E-state index in [1.165, 1.54) is 0 Å². The Balaban J connectivity index is 1.62. The number of unbranched alkanes of at least 4 members (excludes halogenated alkanes) is 3. The van der Waals surface area contributed by atoms with E-state index < -0.39 is 0 Å². The van der Waals surface area contributed by atoms with Crippen LogP contribution in [0.1, 0.15) is 56.2 Å². The summed E-state index contributed by atoms with van der Waals surface area (Å²) < 4.78 is 17.6. The van der Waals surface area contributed by atoms with Crippen molar-refractivity contribution in [2.75, 3.05) is 26.9 Å².